The first-order chi connectivity index (χ1) is 13.7. The Balaban J connectivity index is 1.27. The Labute approximate surface area is 165 Å². The van der Waals surface area contributed by atoms with Gasteiger partial charge >= 0.3 is 0 Å². The van der Waals surface area contributed by atoms with Crippen LogP contribution in [0.1, 0.15) is 34.3 Å². The van der Waals surface area contributed by atoms with Gasteiger partial charge in [-0.2, -0.15) is 0 Å². The Morgan fingerprint density at radius 1 is 1.11 bits per heavy atom. The lowest BCUT2D eigenvalue weighted by molar-refractivity contribution is 0.0792. The number of amides is 1. The van der Waals surface area contributed by atoms with E-state index in [0.717, 1.165) is 44.4 Å². The van der Waals surface area contributed by atoms with Gasteiger partial charge in [0.1, 0.15) is 0 Å². The van der Waals surface area contributed by atoms with Gasteiger partial charge in [0.05, 0.1) is 6.10 Å². The normalized spacial score (nSPS) is 15.8. The van der Waals surface area contributed by atoms with E-state index < -0.39 is 0 Å². The summed E-state index contributed by atoms with van der Waals surface area (Å²) in [6.07, 6.45) is 4.36. The van der Waals surface area contributed by atoms with Gasteiger partial charge < -0.3 is 15.4 Å². The number of carbonyl (C=O) groups is 1. The topological polar surface area (TPSA) is 68.4 Å². The lowest BCUT2D eigenvalue weighted by atomic mass is 10.1. The van der Waals surface area contributed by atoms with Crippen LogP contribution in [-0.4, -0.2) is 46.6 Å². The van der Waals surface area contributed by atoms with Gasteiger partial charge in [0, 0.05) is 48.8 Å². The van der Waals surface area contributed by atoms with E-state index >= 15 is 0 Å². The molecule has 2 heterocycles. The fraction of sp³-hybridized carbons (Fsp3) is 0.348. The van der Waals surface area contributed by atoms with Crippen LogP contribution in [0.5, 0.6) is 0 Å². The molecule has 1 aromatic heterocycles. The zero-order valence-electron chi connectivity index (χ0n) is 16.0. The van der Waals surface area contributed by atoms with Crippen LogP contribution in [0.15, 0.2) is 54.7 Å². The molecule has 28 heavy (non-hydrogen) atoms. The van der Waals surface area contributed by atoms with Crippen molar-refractivity contribution in [2.24, 2.45) is 0 Å². The molecule has 0 spiro atoms. The van der Waals surface area contributed by atoms with Crippen LogP contribution in [0.2, 0.25) is 0 Å². The molecule has 0 atom stereocenters. The lowest BCUT2D eigenvalue weighted by Gasteiger charge is -2.29. The molecule has 5 nitrogen and oxygen atoms in total. The molecule has 1 aliphatic heterocycles. The quantitative estimate of drug-likeness (QED) is 0.618. The molecule has 0 saturated carbocycles. The van der Waals surface area contributed by atoms with Crippen LogP contribution in [-0.2, 0) is 13.0 Å². The zero-order chi connectivity index (χ0) is 19.3. The van der Waals surface area contributed by atoms with E-state index in [1.807, 2.05) is 42.6 Å². The molecule has 3 N–H and O–H groups in total. The van der Waals surface area contributed by atoms with Crippen LogP contribution in [0.3, 0.4) is 0 Å². The SMILES string of the molecule is O=C(NCCc1c[nH]c2ccccc12)c1ccc(CN2CCC(O)CC2)cc1. The van der Waals surface area contributed by atoms with Crippen molar-refractivity contribution in [3.63, 3.8) is 0 Å². The van der Waals surface area contributed by atoms with Gasteiger partial charge in [-0.05, 0) is 48.6 Å². The summed E-state index contributed by atoms with van der Waals surface area (Å²) in [6.45, 7) is 3.34. The highest BCUT2D eigenvalue weighted by molar-refractivity contribution is 5.94. The van der Waals surface area contributed by atoms with Crippen LogP contribution >= 0.6 is 0 Å². The maximum absolute atomic E-state index is 12.4. The molecule has 0 aliphatic carbocycles. The Kier molecular flexibility index (Phi) is 5.74. The smallest absolute Gasteiger partial charge is 0.251 e. The van der Waals surface area contributed by atoms with E-state index in [9.17, 15) is 9.90 Å². The monoisotopic (exact) mass is 377 g/mol. The van der Waals surface area contributed by atoms with Crippen molar-refractivity contribution in [3.05, 3.63) is 71.4 Å². The highest BCUT2D eigenvalue weighted by atomic mass is 16.3. The summed E-state index contributed by atoms with van der Waals surface area (Å²) < 4.78 is 0. The average molecular weight is 377 g/mol. The van der Waals surface area contributed by atoms with Gasteiger partial charge in [-0.25, -0.2) is 0 Å². The maximum atomic E-state index is 12.4. The van der Waals surface area contributed by atoms with E-state index in [4.69, 9.17) is 0 Å². The highest BCUT2D eigenvalue weighted by Crippen LogP contribution is 2.18. The molecule has 1 saturated heterocycles. The maximum Gasteiger partial charge on any atom is 0.251 e. The Bertz CT molecular complexity index is 924. The Hall–Kier alpha value is -2.63. The van der Waals surface area contributed by atoms with Gasteiger partial charge in [0.15, 0.2) is 0 Å². The van der Waals surface area contributed by atoms with Crippen molar-refractivity contribution >= 4 is 16.8 Å². The molecule has 0 unspecified atom stereocenters. The first-order valence-electron chi connectivity index (χ1n) is 10.0. The largest absolute Gasteiger partial charge is 0.393 e. The van der Waals surface area contributed by atoms with Crippen molar-refractivity contribution in [2.45, 2.75) is 31.9 Å². The molecule has 3 aromatic rings. The van der Waals surface area contributed by atoms with Crippen molar-refractivity contribution < 1.29 is 9.90 Å². The second-order valence-electron chi connectivity index (χ2n) is 7.57. The number of aromatic amines is 1. The number of aliphatic hydroxyl groups is 1. The second-order valence-corrected chi connectivity index (χ2v) is 7.57. The standard InChI is InChI=1S/C23H27N3O2/c27-20-10-13-26(14-11-20)16-17-5-7-18(8-6-17)23(28)24-12-9-19-15-25-22-4-2-1-3-21(19)22/h1-8,15,20,25,27H,9-14,16H2,(H,24,28). The predicted molar refractivity (Wildman–Crippen MR) is 111 cm³/mol. The fourth-order valence-corrected chi connectivity index (χ4v) is 3.85. The number of aliphatic hydroxyl groups excluding tert-OH is 1. The summed E-state index contributed by atoms with van der Waals surface area (Å²) in [4.78, 5) is 18.0. The number of carbonyl (C=O) groups excluding carboxylic acids is 1. The van der Waals surface area contributed by atoms with Crippen molar-refractivity contribution in [3.8, 4) is 0 Å². The summed E-state index contributed by atoms with van der Waals surface area (Å²) >= 11 is 0. The summed E-state index contributed by atoms with van der Waals surface area (Å²) in [5.41, 5.74) is 4.24. The number of likely N-dealkylation sites (tertiary alicyclic amines) is 1. The summed E-state index contributed by atoms with van der Waals surface area (Å²) in [5.74, 6) is -0.0347. The van der Waals surface area contributed by atoms with Gasteiger partial charge in [0.2, 0.25) is 0 Å². The second kappa shape index (κ2) is 8.59. The number of hydrogen-bond acceptors (Lipinski definition) is 3. The number of piperidine rings is 1. The van der Waals surface area contributed by atoms with Gasteiger partial charge in [-0.3, -0.25) is 9.69 Å². The number of para-hydroxylation sites is 1. The number of H-pyrrole nitrogens is 1. The van der Waals surface area contributed by atoms with E-state index in [0.29, 0.717) is 12.1 Å². The number of benzene rings is 2. The van der Waals surface area contributed by atoms with Crippen molar-refractivity contribution in [1.82, 2.24) is 15.2 Å². The third kappa shape index (κ3) is 4.43. The van der Waals surface area contributed by atoms with E-state index in [2.05, 4.69) is 27.3 Å². The summed E-state index contributed by atoms with van der Waals surface area (Å²) in [5, 5.41) is 13.8. The number of fused-ring (bicyclic) bond motifs is 1. The predicted octanol–water partition coefficient (Wildman–Crippen LogP) is 3.10. The summed E-state index contributed by atoms with van der Waals surface area (Å²) in [7, 11) is 0. The number of nitrogens with zero attached hydrogens (tertiary/aromatic N) is 1. The Morgan fingerprint density at radius 2 is 1.86 bits per heavy atom. The number of rotatable bonds is 6. The average Bonchev–Trinajstić information content (AvgIpc) is 3.13. The van der Waals surface area contributed by atoms with Gasteiger partial charge in [-0.15, -0.1) is 0 Å². The molecule has 1 fully saturated rings. The molecule has 4 rings (SSSR count). The van der Waals surface area contributed by atoms with E-state index in [-0.39, 0.29) is 12.0 Å². The molecule has 5 heteroatoms. The van der Waals surface area contributed by atoms with Crippen LogP contribution in [0.4, 0.5) is 0 Å². The zero-order valence-corrected chi connectivity index (χ0v) is 16.0. The molecule has 0 radical (unpaired) electrons. The minimum absolute atomic E-state index is 0.0347. The molecule has 146 valence electrons. The Morgan fingerprint density at radius 3 is 2.64 bits per heavy atom. The molecule has 2 aromatic carbocycles. The molecular formula is C23H27N3O2. The van der Waals surface area contributed by atoms with Crippen LogP contribution < -0.4 is 5.32 Å². The van der Waals surface area contributed by atoms with Gasteiger partial charge in [-0.1, -0.05) is 30.3 Å². The lowest BCUT2D eigenvalue weighted by Crippen LogP contribution is -2.35. The highest BCUT2D eigenvalue weighted by Gasteiger charge is 2.17. The number of hydrogen-bond donors (Lipinski definition) is 3. The van der Waals surface area contributed by atoms with E-state index in [1.54, 1.807) is 0 Å². The van der Waals surface area contributed by atoms with E-state index in [1.165, 1.54) is 16.5 Å². The minimum Gasteiger partial charge on any atom is -0.393 e. The first kappa shape index (κ1) is 18.7. The van der Waals surface area contributed by atoms with Crippen LogP contribution in [0, 0.1) is 0 Å². The first-order valence-corrected chi connectivity index (χ1v) is 10.0. The minimum atomic E-state index is -0.147. The molecule has 0 bridgehead atoms. The third-order valence-corrected chi connectivity index (χ3v) is 5.53. The van der Waals surface area contributed by atoms with Gasteiger partial charge in [0.25, 0.3) is 5.91 Å². The van der Waals surface area contributed by atoms with Crippen molar-refractivity contribution in [1.29, 1.82) is 0 Å². The fourth-order valence-electron chi connectivity index (χ4n) is 3.85. The summed E-state index contributed by atoms with van der Waals surface area (Å²) in [6, 6.07) is 16.1. The molecule has 1 amide bonds. The van der Waals surface area contributed by atoms with Crippen LogP contribution in [0.25, 0.3) is 10.9 Å². The number of aromatic nitrogens is 1. The van der Waals surface area contributed by atoms with Crippen molar-refractivity contribution in [2.75, 3.05) is 19.6 Å². The molecular weight excluding hydrogens is 350 g/mol. The number of nitrogens with one attached hydrogen (secondary N) is 2. The molecule has 1 aliphatic rings. The third-order valence-electron chi connectivity index (χ3n) is 5.53.